The second-order valence-corrected chi connectivity index (χ2v) is 10.2. The SMILES string of the molecule is CN(C)Cc1ccc(N=C(c2ccccc2)C2C(=O)Nc3ccc(C(=O)NCc4cccc(Cl)c4)cc32)cc1. The summed E-state index contributed by atoms with van der Waals surface area (Å²) in [6, 6.07) is 30.4. The molecular weight excluding hydrogens is 508 g/mol. The Morgan fingerprint density at radius 3 is 2.38 bits per heavy atom. The van der Waals surface area contributed by atoms with Crippen LogP contribution in [-0.4, -0.2) is 36.5 Å². The van der Waals surface area contributed by atoms with Gasteiger partial charge in [-0.05, 0) is 78.8 Å². The number of fused-ring (bicyclic) bond motifs is 1. The van der Waals surface area contributed by atoms with Gasteiger partial charge in [0.2, 0.25) is 5.91 Å². The van der Waals surface area contributed by atoms with E-state index in [0.29, 0.717) is 28.5 Å². The molecule has 2 N–H and O–H groups in total. The predicted octanol–water partition coefficient (Wildman–Crippen LogP) is 6.19. The maximum Gasteiger partial charge on any atom is 0.251 e. The highest BCUT2D eigenvalue weighted by atomic mass is 35.5. The molecule has 1 unspecified atom stereocenters. The van der Waals surface area contributed by atoms with Crippen LogP contribution in [0.4, 0.5) is 11.4 Å². The molecule has 1 heterocycles. The van der Waals surface area contributed by atoms with Crippen molar-refractivity contribution >= 4 is 40.5 Å². The van der Waals surface area contributed by atoms with Gasteiger partial charge in [-0.1, -0.05) is 66.2 Å². The summed E-state index contributed by atoms with van der Waals surface area (Å²) in [5.41, 5.74) is 6.19. The number of benzene rings is 4. The van der Waals surface area contributed by atoms with Crippen molar-refractivity contribution in [3.63, 3.8) is 0 Å². The van der Waals surface area contributed by atoms with Crippen LogP contribution in [-0.2, 0) is 17.9 Å². The molecule has 4 aromatic rings. The first-order valence-electron chi connectivity index (χ1n) is 12.7. The molecule has 2 amide bonds. The van der Waals surface area contributed by atoms with Gasteiger partial charge in [-0.2, -0.15) is 0 Å². The van der Waals surface area contributed by atoms with E-state index in [-0.39, 0.29) is 11.8 Å². The first kappa shape index (κ1) is 26.4. The number of amides is 2. The number of halogens is 1. The number of nitrogens with zero attached hydrogens (tertiary/aromatic N) is 2. The third-order valence-corrected chi connectivity index (χ3v) is 6.75. The van der Waals surface area contributed by atoms with Gasteiger partial charge >= 0.3 is 0 Å². The number of nitrogens with one attached hydrogen (secondary N) is 2. The largest absolute Gasteiger partial charge is 0.348 e. The number of carbonyl (C=O) groups excluding carboxylic acids is 2. The molecule has 0 fully saturated rings. The Balaban J connectivity index is 1.47. The lowest BCUT2D eigenvalue weighted by molar-refractivity contribution is -0.115. The van der Waals surface area contributed by atoms with E-state index in [9.17, 15) is 9.59 Å². The van der Waals surface area contributed by atoms with Crippen LogP contribution in [0.1, 0.15) is 38.5 Å². The van der Waals surface area contributed by atoms with E-state index in [4.69, 9.17) is 16.6 Å². The van der Waals surface area contributed by atoms with E-state index in [1.807, 2.05) is 86.9 Å². The molecule has 4 aromatic carbocycles. The Morgan fingerprint density at radius 2 is 1.67 bits per heavy atom. The summed E-state index contributed by atoms with van der Waals surface area (Å²) in [6.07, 6.45) is 0. The van der Waals surface area contributed by atoms with Crippen molar-refractivity contribution in [2.24, 2.45) is 4.99 Å². The minimum Gasteiger partial charge on any atom is -0.348 e. The highest BCUT2D eigenvalue weighted by Crippen LogP contribution is 2.37. The van der Waals surface area contributed by atoms with Crippen molar-refractivity contribution in [1.82, 2.24) is 10.2 Å². The maximum atomic E-state index is 13.3. The summed E-state index contributed by atoms with van der Waals surface area (Å²) >= 11 is 6.07. The molecule has 1 atom stereocenters. The van der Waals surface area contributed by atoms with E-state index in [1.165, 1.54) is 5.56 Å². The van der Waals surface area contributed by atoms with Gasteiger partial charge in [-0.15, -0.1) is 0 Å². The molecule has 1 aliphatic heterocycles. The Hall–Kier alpha value is -4.26. The topological polar surface area (TPSA) is 73.8 Å². The molecule has 1 aliphatic rings. The standard InChI is InChI=1S/C32H29ClN4O2/c1-37(2)20-21-11-14-26(15-12-21)35-30(23-8-4-3-5-9-23)29-27-18-24(13-16-28(27)36-32(29)39)31(38)34-19-22-7-6-10-25(33)17-22/h3-18,29H,19-20H2,1-2H3,(H,34,38)(H,36,39). The van der Waals surface area contributed by atoms with E-state index in [0.717, 1.165) is 28.9 Å². The number of hydrogen-bond acceptors (Lipinski definition) is 4. The summed E-state index contributed by atoms with van der Waals surface area (Å²) in [6.45, 7) is 1.17. The molecule has 6 nitrogen and oxygen atoms in total. The fourth-order valence-electron chi connectivity index (χ4n) is 4.69. The molecule has 0 saturated heterocycles. The van der Waals surface area contributed by atoms with Crippen molar-refractivity contribution < 1.29 is 9.59 Å². The van der Waals surface area contributed by atoms with Crippen LogP contribution in [0.2, 0.25) is 5.02 Å². The quantitative estimate of drug-likeness (QED) is 0.264. The van der Waals surface area contributed by atoms with Crippen molar-refractivity contribution in [2.45, 2.75) is 19.0 Å². The van der Waals surface area contributed by atoms with Crippen LogP contribution >= 0.6 is 11.6 Å². The first-order valence-corrected chi connectivity index (χ1v) is 13.1. The summed E-state index contributed by atoms with van der Waals surface area (Å²) < 4.78 is 0. The van der Waals surface area contributed by atoms with Crippen LogP contribution in [0.15, 0.2) is 102 Å². The zero-order valence-corrected chi connectivity index (χ0v) is 22.6. The van der Waals surface area contributed by atoms with Gasteiger partial charge < -0.3 is 15.5 Å². The van der Waals surface area contributed by atoms with Gasteiger partial charge in [-0.3, -0.25) is 14.6 Å². The molecule has 0 radical (unpaired) electrons. The van der Waals surface area contributed by atoms with Crippen LogP contribution in [0.3, 0.4) is 0 Å². The molecule has 0 saturated carbocycles. The molecule has 0 bridgehead atoms. The second kappa shape index (κ2) is 11.6. The molecule has 196 valence electrons. The Kier molecular flexibility index (Phi) is 7.87. The average Bonchev–Trinajstić information content (AvgIpc) is 3.26. The molecule has 39 heavy (non-hydrogen) atoms. The third-order valence-electron chi connectivity index (χ3n) is 6.51. The lowest BCUT2D eigenvalue weighted by atomic mass is 9.89. The van der Waals surface area contributed by atoms with Gasteiger partial charge in [0.15, 0.2) is 0 Å². The van der Waals surface area contributed by atoms with E-state index in [1.54, 1.807) is 24.3 Å². The monoisotopic (exact) mass is 536 g/mol. The fourth-order valence-corrected chi connectivity index (χ4v) is 4.90. The summed E-state index contributed by atoms with van der Waals surface area (Å²) in [5.74, 6) is -1.07. The molecule has 0 aromatic heterocycles. The number of aliphatic imine (C=N–C) groups is 1. The average molecular weight is 537 g/mol. The third kappa shape index (κ3) is 6.25. The van der Waals surface area contributed by atoms with Crippen molar-refractivity contribution in [3.05, 3.63) is 130 Å². The lowest BCUT2D eigenvalue weighted by Gasteiger charge is -2.15. The van der Waals surface area contributed by atoms with E-state index in [2.05, 4.69) is 15.5 Å². The van der Waals surface area contributed by atoms with Crippen LogP contribution in [0.25, 0.3) is 0 Å². The molecule has 0 aliphatic carbocycles. The first-order chi connectivity index (χ1) is 18.9. The highest BCUT2D eigenvalue weighted by Gasteiger charge is 2.36. The molecule has 0 spiro atoms. The Morgan fingerprint density at radius 1 is 0.897 bits per heavy atom. The minimum atomic E-state index is -0.662. The van der Waals surface area contributed by atoms with Gasteiger partial charge in [0.1, 0.15) is 5.92 Å². The Bertz CT molecular complexity index is 1530. The summed E-state index contributed by atoms with van der Waals surface area (Å²) in [4.78, 5) is 33.4. The van der Waals surface area contributed by atoms with Crippen LogP contribution in [0, 0.1) is 0 Å². The van der Waals surface area contributed by atoms with Crippen LogP contribution < -0.4 is 10.6 Å². The predicted molar refractivity (Wildman–Crippen MR) is 157 cm³/mol. The van der Waals surface area contributed by atoms with Gasteiger partial charge in [0, 0.05) is 29.4 Å². The number of rotatable bonds is 8. The normalized spacial score (nSPS) is 14.7. The number of anilines is 1. The van der Waals surface area contributed by atoms with Crippen molar-refractivity contribution in [1.29, 1.82) is 0 Å². The van der Waals surface area contributed by atoms with E-state index >= 15 is 0 Å². The van der Waals surface area contributed by atoms with Gasteiger partial charge in [0.25, 0.3) is 5.91 Å². The van der Waals surface area contributed by atoms with Crippen molar-refractivity contribution in [3.8, 4) is 0 Å². The van der Waals surface area contributed by atoms with Gasteiger partial charge in [0.05, 0.1) is 11.4 Å². The second-order valence-electron chi connectivity index (χ2n) is 9.80. The van der Waals surface area contributed by atoms with Gasteiger partial charge in [-0.25, -0.2) is 0 Å². The van der Waals surface area contributed by atoms with Crippen molar-refractivity contribution in [2.75, 3.05) is 19.4 Å². The smallest absolute Gasteiger partial charge is 0.251 e. The fraction of sp³-hybridized carbons (Fsp3) is 0.156. The number of hydrogen-bond donors (Lipinski definition) is 2. The van der Waals surface area contributed by atoms with Crippen LogP contribution in [0.5, 0.6) is 0 Å². The minimum absolute atomic E-state index is 0.173. The maximum absolute atomic E-state index is 13.3. The molecular formula is C32H29ClN4O2. The highest BCUT2D eigenvalue weighted by molar-refractivity contribution is 6.30. The Labute approximate surface area is 233 Å². The summed E-state index contributed by atoms with van der Waals surface area (Å²) in [7, 11) is 4.06. The number of carbonyl (C=O) groups is 2. The molecule has 5 rings (SSSR count). The zero-order chi connectivity index (χ0) is 27.4. The molecule has 7 heteroatoms. The summed E-state index contributed by atoms with van der Waals surface area (Å²) in [5, 5.41) is 6.53. The van der Waals surface area contributed by atoms with E-state index < -0.39 is 5.92 Å². The lowest BCUT2D eigenvalue weighted by Crippen LogP contribution is -2.24. The zero-order valence-electron chi connectivity index (χ0n) is 21.8.